The normalized spacial score (nSPS) is 15.2. The van der Waals surface area contributed by atoms with E-state index in [1.807, 2.05) is 0 Å². The highest BCUT2D eigenvalue weighted by atomic mass is 16.5. The molecule has 106 valence electrons. The van der Waals surface area contributed by atoms with Crippen molar-refractivity contribution >= 4 is 17.8 Å². The molecular weight excluding hydrogens is 258 g/mol. The van der Waals surface area contributed by atoms with E-state index in [2.05, 4.69) is 0 Å². The van der Waals surface area contributed by atoms with Crippen molar-refractivity contribution < 1.29 is 19.1 Å². The van der Waals surface area contributed by atoms with Gasteiger partial charge in [-0.3, -0.25) is 19.3 Å². The van der Waals surface area contributed by atoms with Crippen molar-refractivity contribution in [3.63, 3.8) is 0 Å². The molecule has 5 nitrogen and oxygen atoms in total. The largest absolute Gasteiger partial charge is 0.463 e. The van der Waals surface area contributed by atoms with Crippen LogP contribution in [0.25, 0.3) is 0 Å². The molecule has 0 saturated carbocycles. The molecule has 5 heteroatoms. The quantitative estimate of drug-likeness (QED) is 0.609. The molecule has 2 amide bonds. The molecule has 0 radical (unpaired) electrons. The van der Waals surface area contributed by atoms with Gasteiger partial charge in [0.15, 0.2) is 0 Å². The number of ether oxygens (including phenoxy) is 1. The van der Waals surface area contributed by atoms with Gasteiger partial charge in [0.25, 0.3) is 11.8 Å². The second-order valence-electron chi connectivity index (χ2n) is 4.87. The third-order valence-electron chi connectivity index (χ3n) is 3.24. The fourth-order valence-corrected chi connectivity index (χ4v) is 2.32. The lowest BCUT2D eigenvalue weighted by atomic mass is 10.1. The molecule has 2 rings (SSSR count). The average Bonchev–Trinajstić information content (AvgIpc) is 2.63. The summed E-state index contributed by atoms with van der Waals surface area (Å²) in [5, 5.41) is 0. The molecule has 1 atom stereocenters. The van der Waals surface area contributed by atoms with Gasteiger partial charge >= 0.3 is 5.97 Å². The number of rotatable bonds is 5. The molecule has 0 bridgehead atoms. The molecule has 1 aliphatic heterocycles. The van der Waals surface area contributed by atoms with Gasteiger partial charge in [0.1, 0.15) is 0 Å². The first-order chi connectivity index (χ1) is 9.50. The van der Waals surface area contributed by atoms with E-state index in [4.69, 9.17) is 4.74 Å². The number of carbonyl (C=O) groups is 3. The maximum Gasteiger partial charge on any atom is 0.302 e. The Balaban J connectivity index is 1.91. The van der Waals surface area contributed by atoms with E-state index in [1.165, 1.54) is 11.8 Å². The molecule has 1 aromatic rings. The zero-order valence-corrected chi connectivity index (χ0v) is 11.6. The molecule has 0 N–H and O–H groups in total. The minimum Gasteiger partial charge on any atom is -0.463 e. The molecule has 1 heterocycles. The Morgan fingerprint density at radius 2 is 1.75 bits per heavy atom. The maximum absolute atomic E-state index is 12.1. The Morgan fingerprint density at radius 1 is 1.20 bits per heavy atom. The van der Waals surface area contributed by atoms with Crippen molar-refractivity contribution in [1.29, 1.82) is 0 Å². The van der Waals surface area contributed by atoms with Gasteiger partial charge in [-0.05, 0) is 31.9 Å². The topological polar surface area (TPSA) is 63.7 Å². The van der Waals surface area contributed by atoms with Crippen LogP contribution in [0.15, 0.2) is 24.3 Å². The fourth-order valence-electron chi connectivity index (χ4n) is 2.32. The first kappa shape index (κ1) is 14.2. The number of esters is 1. The number of benzene rings is 1. The first-order valence-electron chi connectivity index (χ1n) is 6.63. The van der Waals surface area contributed by atoms with Crippen LogP contribution in [0.2, 0.25) is 0 Å². The highest BCUT2D eigenvalue weighted by molar-refractivity contribution is 6.21. The van der Waals surface area contributed by atoms with Gasteiger partial charge < -0.3 is 4.74 Å². The fraction of sp³-hybridized carbons (Fsp3) is 0.400. The van der Waals surface area contributed by atoms with E-state index >= 15 is 0 Å². The second-order valence-corrected chi connectivity index (χ2v) is 4.87. The molecule has 0 aromatic heterocycles. The number of amides is 2. The SMILES string of the molecule is CC(=O)O[C@H](C)CCCN1C(=O)c2ccccc2C1=O. The molecule has 1 aromatic carbocycles. The molecule has 0 unspecified atom stereocenters. The summed E-state index contributed by atoms with van der Waals surface area (Å²) in [4.78, 5) is 36.2. The van der Waals surface area contributed by atoms with E-state index in [9.17, 15) is 14.4 Å². The molecule has 0 saturated heterocycles. The van der Waals surface area contributed by atoms with Gasteiger partial charge in [0, 0.05) is 13.5 Å². The third kappa shape index (κ3) is 2.87. The van der Waals surface area contributed by atoms with Crippen LogP contribution in [-0.4, -0.2) is 35.3 Å². The Labute approximate surface area is 117 Å². The summed E-state index contributed by atoms with van der Waals surface area (Å²) in [6, 6.07) is 6.82. The second kappa shape index (κ2) is 5.86. The van der Waals surface area contributed by atoms with Gasteiger partial charge in [-0.1, -0.05) is 12.1 Å². The Hall–Kier alpha value is -2.17. The van der Waals surface area contributed by atoms with Crippen molar-refractivity contribution in [1.82, 2.24) is 4.90 Å². The van der Waals surface area contributed by atoms with Gasteiger partial charge in [-0.25, -0.2) is 0 Å². The summed E-state index contributed by atoms with van der Waals surface area (Å²) in [6.45, 7) is 3.50. The number of nitrogens with zero attached hydrogens (tertiary/aromatic N) is 1. The standard InChI is InChI=1S/C15H17NO4/c1-10(20-11(2)17)6-5-9-16-14(18)12-7-3-4-8-13(12)15(16)19/h3-4,7-8,10H,5-6,9H2,1-2H3/t10-/m1/s1. The predicted octanol–water partition coefficient (Wildman–Crippen LogP) is 2.01. The highest BCUT2D eigenvalue weighted by Crippen LogP contribution is 2.22. The Bertz CT molecular complexity index is 518. The summed E-state index contributed by atoms with van der Waals surface area (Å²) in [6.07, 6.45) is 1.02. The van der Waals surface area contributed by atoms with Gasteiger partial charge in [-0.2, -0.15) is 0 Å². The zero-order valence-electron chi connectivity index (χ0n) is 11.6. The smallest absolute Gasteiger partial charge is 0.302 e. The van der Waals surface area contributed by atoms with E-state index in [0.717, 1.165) is 0 Å². The van der Waals surface area contributed by atoms with Crippen LogP contribution in [0.1, 0.15) is 47.4 Å². The van der Waals surface area contributed by atoms with Crippen LogP contribution in [0, 0.1) is 0 Å². The molecule has 0 aliphatic carbocycles. The number of hydrogen-bond acceptors (Lipinski definition) is 4. The van der Waals surface area contributed by atoms with Gasteiger partial charge in [0.05, 0.1) is 17.2 Å². The summed E-state index contributed by atoms with van der Waals surface area (Å²) < 4.78 is 5.00. The highest BCUT2D eigenvalue weighted by Gasteiger charge is 2.34. The minimum absolute atomic E-state index is 0.206. The van der Waals surface area contributed by atoms with Crippen LogP contribution in [0.3, 0.4) is 0 Å². The number of imide groups is 1. The number of fused-ring (bicyclic) bond motifs is 1. The third-order valence-corrected chi connectivity index (χ3v) is 3.24. The molecular formula is C15H17NO4. The van der Waals surface area contributed by atoms with Gasteiger partial charge in [0.2, 0.25) is 0 Å². The van der Waals surface area contributed by atoms with Crippen molar-refractivity contribution in [2.45, 2.75) is 32.8 Å². The minimum atomic E-state index is -0.321. The van der Waals surface area contributed by atoms with Crippen LogP contribution in [0.4, 0.5) is 0 Å². The van der Waals surface area contributed by atoms with Crippen molar-refractivity contribution in [2.75, 3.05) is 6.54 Å². The summed E-state index contributed by atoms with van der Waals surface area (Å²) in [5.41, 5.74) is 0.927. The molecule has 0 fully saturated rings. The Kier molecular flexibility index (Phi) is 4.17. The lowest BCUT2D eigenvalue weighted by Gasteiger charge is -2.16. The summed E-state index contributed by atoms with van der Waals surface area (Å²) in [5.74, 6) is -0.810. The number of carbonyl (C=O) groups excluding carboxylic acids is 3. The van der Waals surface area contributed by atoms with Crippen LogP contribution in [-0.2, 0) is 9.53 Å². The average molecular weight is 275 g/mol. The van der Waals surface area contributed by atoms with Crippen molar-refractivity contribution in [2.24, 2.45) is 0 Å². The Morgan fingerprint density at radius 3 is 2.25 bits per heavy atom. The van der Waals surface area contributed by atoms with E-state index < -0.39 is 0 Å². The van der Waals surface area contributed by atoms with E-state index in [0.29, 0.717) is 30.5 Å². The monoisotopic (exact) mass is 275 g/mol. The van der Waals surface area contributed by atoms with Crippen LogP contribution < -0.4 is 0 Å². The first-order valence-corrected chi connectivity index (χ1v) is 6.63. The van der Waals surface area contributed by atoms with Crippen molar-refractivity contribution in [3.8, 4) is 0 Å². The van der Waals surface area contributed by atoms with Crippen molar-refractivity contribution in [3.05, 3.63) is 35.4 Å². The van der Waals surface area contributed by atoms with Gasteiger partial charge in [-0.15, -0.1) is 0 Å². The molecule has 0 spiro atoms. The molecule has 1 aliphatic rings. The van der Waals surface area contributed by atoms with E-state index in [1.54, 1.807) is 31.2 Å². The summed E-state index contributed by atoms with van der Waals surface area (Å²) in [7, 11) is 0. The summed E-state index contributed by atoms with van der Waals surface area (Å²) >= 11 is 0. The maximum atomic E-state index is 12.1. The zero-order chi connectivity index (χ0) is 14.7. The van der Waals surface area contributed by atoms with E-state index in [-0.39, 0.29) is 23.9 Å². The van der Waals surface area contributed by atoms with Crippen LogP contribution >= 0.6 is 0 Å². The lowest BCUT2D eigenvalue weighted by Crippen LogP contribution is -2.31. The van der Waals surface area contributed by atoms with Crippen LogP contribution in [0.5, 0.6) is 0 Å². The lowest BCUT2D eigenvalue weighted by molar-refractivity contribution is -0.145. The number of hydrogen-bond donors (Lipinski definition) is 0. The molecule has 20 heavy (non-hydrogen) atoms. The predicted molar refractivity (Wildman–Crippen MR) is 72.3 cm³/mol.